The van der Waals surface area contributed by atoms with Crippen LogP contribution in [0.15, 0.2) is 0 Å². The number of nitrogens with two attached hydrogens (primary N) is 1. The molecule has 0 radical (unpaired) electrons. The number of carbonyl (C=O) groups excluding carboxylic acids is 1. The van der Waals surface area contributed by atoms with Crippen molar-refractivity contribution in [3.63, 3.8) is 0 Å². The maximum absolute atomic E-state index is 11.2. The monoisotopic (exact) mass is 335 g/mol. The number of hydrogen-bond acceptors (Lipinski definition) is 4. The molecule has 4 N–H and O–H groups in total. The highest BCUT2D eigenvalue weighted by Crippen LogP contribution is 2.51. The third-order valence-electron chi connectivity index (χ3n) is 4.25. The van der Waals surface area contributed by atoms with E-state index < -0.39 is 10.0 Å². The summed E-state index contributed by atoms with van der Waals surface area (Å²) < 4.78 is 6.36. The predicted molar refractivity (Wildman–Crippen MR) is 98.8 cm³/mol. The van der Waals surface area contributed by atoms with Gasteiger partial charge in [0.2, 0.25) is 5.91 Å². The standard InChI is InChI=1S/C16H37N3O2S/c1-13(19-14(20)11-17)18-12-15(2,3)21-10-9-16(4,5)22(6,7)8/h13,18H,9-12,17H2,1-8H3,(H,19,20). The molecular formula is C16H37N3O2S. The predicted octanol–water partition coefficient (Wildman–Crippen LogP) is 1.65. The van der Waals surface area contributed by atoms with Gasteiger partial charge in [0.05, 0.1) is 18.3 Å². The molecular weight excluding hydrogens is 298 g/mol. The van der Waals surface area contributed by atoms with E-state index in [1.165, 1.54) is 0 Å². The molecule has 0 bridgehead atoms. The molecule has 0 fully saturated rings. The lowest BCUT2D eigenvalue weighted by Crippen LogP contribution is -2.50. The van der Waals surface area contributed by atoms with Gasteiger partial charge in [-0.25, -0.2) is 10.0 Å². The molecule has 0 heterocycles. The molecule has 6 heteroatoms. The zero-order valence-electron chi connectivity index (χ0n) is 15.7. The Kier molecular flexibility index (Phi) is 8.41. The second-order valence-corrected chi connectivity index (χ2v) is 12.6. The normalized spacial score (nSPS) is 15.5. The largest absolute Gasteiger partial charge is 0.374 e. The van der Waals surface area contributed by atoms with Crippen LogP contribution in [-0.2, 0) is 9.53 Å². The van der Waals surface area contributed by atoms with Gasteiger partial charge in [0.1, 0.15) is 0 Å². The molecule has 0 aliphatic rings. The Balaban J connectivity index is 4.18. The molecule has 1 unspecified atom stereocenters. The van der Waals surface area contributed by atoms with Crippen molar-refractivity contribution in [2.75, 3.05) is 38.5 Å². The van der Waals surface area contributed by atoms with Crippen molar-refractivity contribution >= 4 is 15.9 Å². The van der Waals surface area contributed by atoms with Crippen molar-refractivity contribution in [3.8, 4) is 0 Å². The van der Waals surface area contributed by atoms with E-state index in [1.54, 1.807) is 0 Å². The molecule has 0 rings (SSSR count). The Morgan fingerprint density at radius 1 is 1.23 bits per heavy atom. The van der Waals surface area contributed by atoms with E-state index in [2.05, 4.69) is 57.1 Å². The molecule has 0 aliphatic heterocycles. The van der Waals surface area contributed by atoms with Crippen molar-refractivity contribution in [2.45, 2.75) is 57.6 Å². The number of carbonyl (C=O) groups is 1. The Morgan fingerprint density at radius 3 is 2.23 bits per heavy atom. The topological polar surface area (TPSA) is 76.4 Å². The van der Waals surface area contributed by atoms with Gasteiger partial charge in [-0.3, -0.25) is 10.1 Å². The van der Waals surface area contributed by atoms with Gasteiger partial charge in [0.25, 0.3) is 0 Å². The maximum Gasteiger partial charge on any atom is 0.234 e. The van der Waals surface area contributed by atoms with Crippen LogP contribution in [0.5, 0.6) is 0 Å². The number of rotatable bonds is 10. The molecule has 134 valence electrons. The third-order valence-corrected chi connectivity index (χ3v) is 7.77. The average Bonchev–Trinajstić information content (AvgIpc) is 2.34. The summed E-state index contributed by atoms with van der Waals surface area (Å²) in [6, 6.07) is 0. The molecule has 0 aromatic heterocycles. The minimum Gasteiger partial charge on any atom is -0.374 e. The molecule has 0 aromatic rings. The van der Waals surface area contributed by atoms with E-state index in [-0.39, 0.29) is 24.2 Å². The van der Waals surface area contributed by atoms with E-state index in [4.69, 9.17) is 10.5 Å². The molecule has 1 amide bonds. The van der Waals surface area contributed by atoms with Crippen molar-refractivity contribution < 1.29 is 9.53 Å². The maximum atomic E-state index is 11.2. The summed E-state index contributed by atoms with van der Waals surface area (Å²) in [6.07, 6.45) is 7.98. The number of nitrogens with one attached hydrogen (secondary N) is 2. The van der Waals surface area contributed by atoms with Crippen LogP contribution in [0.25, 0.3) is 0 Å². The Labute approximate surface area is 138 Å². The first-order valence-electron chi connectivity index (χ1n) is 7.85. The first-order chi connectivity index (χ1) is 9.81. The smallest absolute Gasteiger partial charge is 0.234 e. The summed E-state index contributed by atoms with van der Waals surface area (Å²) in [7, 11) is -0.617. The highest BCUT2D eigenvalue weighted by atomic mass is 32.3. The first-order valence-corrected chi connectivity index (χ1v) is 10.7. The number of ether oxygens (including phenoxy) is 1. The Hall–Kier alpha value is -0.300. The Bertz CT molecular complexity index is 352. The van der Waals surface area contributed by atoms with Gasteiger partial charge in [-0.1, -0.05) is 13.8 Å². The zero-order valence-corrected chi connectivity index (χ0v) is 16.5. The van der Waals surface area contributed by atoms with Crippen LogP contribution in [0.3, 0.4) is 0 Å². The van der Waals surface area contributed by atoms with Gasteiger partial charge in [-0.15, -0.1) is 0 Å². The minimum atomic E-state index is -0.617. The molecule has 0 saturated heterocycles. The van der Waals surface area contributed by atoms with Crippen LogP contribution in [0.2, 0.25) is 0 Å². The van der Waals surface area contributed by atoms with E-state index in [9.17, 15) is 4.79 Å². The molecule has 0 saturated carbocycles. The highest BCUT2D eigenvalue weighted by molar-refractivity contribution is 8.33. The number of amides is 1. The van der Waals surface area contributed by atoms with Crippen LogP contribution in [0, 0.1) is 0 Å². The van der Waals surface area contributed by atoms with E-state index >= 15 is 0 Å². The second kappa shape index (κ2) is 8.52. The summed E-state index contributed by atoms with van der Waals surface area (Å²) in [5.74, 6) is -0.159. The fourth-order valence-corrected chi connectivity index (χ4v) is 2.38. The molecule has 22 heavy (non-hydrogen) atoms. The average molecular weight is 336 g/mol. The lowest BCUT2D eigenvalue weighted by Gasteiger charge is -2.44. The molecule has 0 spiro atoms. The van der Waals surface area contributed by atoms with Crippen LogP contribution < -0.4 is 16.4 Å². The zero-order chi connectivity index (χ0) is 17.6. The lowest BCUT2D eigenvalue weighted by atomic mass is 10.1. The van der Waals surface area contributed by atoms with Gasteiger partial charge >= 0.3 is 0 Å². The molecule has 0 aromatic carbocycles. The Morgan fingerprint density at radius 2 is 1.77 bits per heavy atom. The molecule has 5 nitrogen and oxygen atoms in total. The van der Waals surface area contributed by atoms with Crippen molar-refractivity contribution in [3.05, 3.63) is 0 Å². The van der Waals surface area contributed by atoms with E-state index in [1.807, 2.05) is 6.92 Å². The lowest BCUT2D eigenvalue weighted by molar-refractivity contribution is -0.120. The quantitative estimate of drug-likeness (QED) is 0.531. The van der Waals surface area contributed by atoms with Crippen LogP contribution in [0.4, 0.5) is 0 Å². The van der Waals surface area contributed by atoms with Crippen LogP contribution >= 0.6 is 10.0 Å². The molecule has 0 aliphatic carbocycles. The van der Waals surface area contributed by atoms with Crippen molar-refractivity contribution in [1.82, 2.24) is 10.6 Å². The van der Waals surface area contributed by atoms with Crippen molar-refractivity contribution in [2.24, 2.45) is 5.73 Å². The van der Waals surface area contributed by atoms with Crippen LogP contribution in [-0.4, -0.2) is 60.9 Å². The fourth-order valence-electron chi connectivity index (χ4n) is 1.68. The SMILES string of the molecule is CC(NCC(C)(C)OCCC(C)(C)S(C)(C)C)NC(=O)CN. The van der Waals surface area contributed by atoms with E-state index in [0.717, 1.165) is 13.0 Å². The summed E-state index contributed by atoms with van der Waals surface area (Å²) in [5, 5.41) is 6.03. The van der Waals surface area contributed by atoms with Gasteiger partial charge in [-0.2, -0.15) is 0 Å². The van der Waals surface area contributed by atoms with Gasteiger partial charge in [0, 0.05) is 13.2 Å². The van der Waals surface area contributed by atoms with Gasteiger partial charge in [0.15, 0.2) is 0 Å². The highest BCUT2D eigenvalue weighted by Gasteiger charge is 2.29. The van der Waals surface area contributed by atoms with Gasteiger partial charge < -0.3 is 15.8 Å². The summed E-state index contributed by atoms with van der Waals surface area (Å²) in [6.45, 7) is 12.1. The summed E-state index contributed by atoms with van der Waals surface area (Å²) in [4.78, 5) is 11.2. The summed E-state index contributed by atoms with van der Waals surface area (Å²) in [5.41, 5.74) is 5.01. The summed E-state index contributed by atoms with van der Waals surface area (Å²) >= 11 is 0. The second-order valence-electron chi connectivity index (χ2n) is 7.83. The fraction of sp³-hybridized carbons (Fsp3) is 0.938. The first kappa shape index (κ1) is 21.7. The third kappa shape index (κ3) is 8.36. The van der Waals surface area contributed by atoms with E-state index in [0.29, 0.717) is 11.3 Å². The van der Waals surface area contributed by atoms with Crippen molar-refractivity contribution in [1.29, 1.82) is 0 Å². The molecule has 1 atom stereocenters. The minimum absolute atomic E-state index is 0.0101. The number of hydrogen-bond donors (Lipinski definition) is 3. The van der Waals surface area contributed by atoms with Crippen LogP contribution in [0.1, 0.15) is 41.0 Å². The van der Waals surface area contributed by atoms with Gasteiger partial charge in [-0.05, 0) is 50.7 Å².